The normalized spacial score (nSPS) is 11.9. The Balaban J connectivity index is 1.66. The molecule has 1 amide bonds. The van der Waals surface area contributed by atoms with Crippen LogP contribution in [0.2, 0.25) is 0 Å². The Bertz CT molecular complexity index is 775. The second kappa shape index (κ2) is 9.72. The molecule has 0 heterocycles. The van der Waals surface area contributed by atoms with E-state index in [4.69, 9.17) is 0 Å². The van der Waals surface area contributed by atoms with E-state index < -0.39 is 0 Å². The van der Waals surface area contributed by atoms with Crippen molar-refractivity contribution in [2.75, 3.05) is 6.54 Å². The van der Waals surface area contributed by atoms with Gasteiger partial charge in [0, 0.05) is 12.5 Å². The lowest BCUT2D eigenvalue weighted by Gasteiger charge is -2.20. The van der Waals surface area contributed by atoms with Crippen LogP contribution in [-0.2, 0) is 4.79 Å². The molecule has 1 N–H and O–H groups in total. The van der Waals surface area contributed by atoms with Crippen LogP contribution in [0.25, 0.3) is 0 Å². The van der Waals surface area contributed by atoms with E-state index in [1.54, 1.807) is 0 Å². The highest BCUT2D eigenvalue weighted by Gasteiger charge is 2.19. The minimum atomic E-state index is -0.0851. The largest absolute Gasteiger partial charge is 0.356 e. The number of carbonyl (C=O) groups is 1. The Kier molecular flexibility index (Phi) is 6.81. The van der Waals surface area contributed by atoms with E-state index in [0.29, 0.717) is 6.54 Å². The summed E-state index contributed by atoms with van der Waals surface area (Å²) in [4.78, 5) is 12.7. The number of hydrogen-bond acceptors (Lipinski definition) is 1. The maximum absolute atomic E-state index is 12.7. The van der Waals surface area contributed by atoms with Gasteiger partial charge in [0.2, 0.25) is 5.91 Å². The van der Waals surface area contributed by atoms with Gasteiger partial charge in [0.25, 0.3) is 0 Å². The van der Waals surface area contributed by atoms with Crippen molar-refractivity contribution in [2.45, 2.75) is 31.6 Å². The van der Waals surface area contributed by atoms with E-state index >= 15 is 0 Å². The van der Waals surface area contributed by atoms with Crippen LogP contribution in [0.4, 0.5) is 0 Å². The first-order valence-electron chi connectivity index (χ1n) is 9.72. The van der Waals surface area contributed by atoms with Gasteiger partial charge in [0.1, 0.15) is 0 Å². The predicted octanol–water partition coefficient (Wildman–Crippen LogP) is 5.52. The maximum Gasteiger partial charge on any atom is 0.227 e. The van der Waals surface area contributed by atoms with Gasteiger partial charge in [-0.1, -0.05) is 97.9 Å². The van der Waals surface area contributed by atoms with Crippen molar-refractivity contribution in [1.29, 1.82) is 0 Å². The smallest absolute Gasteiger partial charge is 0.227 e. The monoisotopic (exact) mass is 357 g/mol. The Hall–Kier alpha value is -2.87. The number of nitrogens with one attached hydrogen (secondary N) is 1. The highest BCUT2D eigenvalue weighted by Crippen LogP contribution is 2.27. The molecule has 0 aliphatic carbocycles. The van der Waals surface area contributed by atoms with Crippen LogP contribution < -0.4 is 5.32 Å². The fraction of sp³-hybridized carbons (Fsp3) is 0.240. The van der Waals surface area contributed by atoms with Crippen LogP contribution in [0, 0.1) is 0 Å². The van der Waals surface area contributed by atoms with Gasteiger partial charge in [-0.3, -0.25) is 4.79 Å². The zero-order valence-electron chi connectivity index (χ0n) is 15.8. The van der Waals surface area contributed by atoms with Crippen LogP contribution >= 0.6 is 0 Å². The summed E-state index contributed by atoms with van der Waals surface area (Å²) in [6.07, 6.45) is 1.68. The van der Waals surface area contributed by atoms with E-state index in [0.717, 1.165) is 18.4 Å². The molecule has 0 aromatic heterocycles. The summed E-state index contributed by atoms with van der Waals surface area (Å²) >= 11 is 0. The molecular weight excluding hydrogens is 330 g/mol. The van der Waals surface area contributed by atoms with Crippen molar-refractivity contribution in [3.63, 3.8) is 0 Å². The average molecular weight is 357 g/mol. The van der Waals surface area contributed by atoms with E-state index in [1.807, 2.05) is 42.5 Å². The first kappa shape index (κ1) is 18.9. The van der Waals surface area contributed by atoms with Crippen LogP contribution in [0.3, 0.4) is 0 Å². The molecule has 27 heavy (non-hydrogen) atoms. The van der Waals surface area contributed by atoms with Crippen molar-refractivity contribution in [1.82, 2.24) is 5.32 Å². The van der Waals surface area contributed by atoms with Gasteiger partial charge in [-0.2, -0.15) is 0 Å². The Morgan fingerprint density at radius 2 is 1.19 bits per heavy atom. The molecule has 1 atom stereocenters. The molecule has 0 spiro atoms. The lowest BCUT2D eigenvalue weighted by Crippen LogP contribution is -2.30. The standard InChI is InChI=1S/C25H27NO/c1-2-23(20-12-6-3-7-13-20)25(27)26-19-18-24(21-14-8-4-9-15-21)22-16-10-5-11-17-22/h3-17,23-24H,2,18-19H2,1H3,(H,26,27). The van der Waals surface area contributed by atoms with Crippen LogP contribution in [-0.4, -0.2) is 12.5 Å². The first-order valence-corrected chi connectivity index (χ1v) is 9.72. The maximum atomic E-state index is 12.7. The van der Waals surface area contributed by atoms with E-state index in [1.165, 1.54) is 11.1 Å². The van der Waals surface area contributed by atoms with Crippen molar-refractivity contribution < 1.29 is 4.79 Å². The molecule has 0 aliphatic heterocycles. The fourth-order valence-electron chi connectivity index (χ4n) is 3.62. The topological polar surface area (TPSA) is 29.1 Å². The second-order valence-electron chi connectivity index (χ2n) is 6.83. The number of amides is 1. The third-order valence-corrected chi connectivity index (χ3v) is 5.06. The van der Waals surface area contributed by atoms with Crippen molar-refractivity contribution in [3.05, 3.63) is 108 Å². The number of hydrogen-bond donors (Lipinski definition) is 1. The molecule has 3 aromatic carbocycles. The van der Waals surface area contributed by atoms with E-state index in [2.05, 4.69) is 60.8 Å². The Morgan fingerprint density at radius 1 is 0.741 bits per heavy atom. The zero-order chi connectivity index (χ0) is 18.9. The molecule has 0 saturated carbocycles. The lowest BCUT2D eigenvalue weighted by molar-refractivity contribution is -0.122. The molecule has 3 aromatic rings. The van der Waals surface area contributed by atoms with Crippen LogP contribution in [0.15, 0.2) is 91.0 Å². The number of rotatable bonds is 8. The van der Waals surface area contributed by atoms with Crippen molar-refractivity contribution >= 4 is 5.91 Å². The lowest BCUT2D eigenvalue weighted by atomic mass is 9.88. The quantitative estimate of drug-likeness (QED) is 0.565. The first-order chi connectivity index (χ1) is 13.3. The summed E-state index contributed by atoms with van der Waals surface area (Å²) < 4.78 is 0. The Morgan fingerprint density at radius 3 is 1.63 bits per heavy atom. The molecular formula is C25H27NO. The van der Waals surface area contributed by atoms with Gasteiger partial charge in [0.15, 0.2) is 0 Å². The molecule has 2 nitrogen and oxygen atoms in total. The minimum Gasteiger partial charge on any atom is -0.356 e. The van der Waals surface area contributed by atoms with Crippen molar-refractivity contribution in [3.8, 4) is 0 Å². The minimum absolute atomic E-state index is 0.0851. The highest BCUT2D eigenvalue weighted by molar-refractivity contribution is 5.83. The van der Waals surface area contributed by atoms with Gasteiger partial charge in [0.05, 0.1) is 5.92 Å². The Labute approximate surface area is 162 Å². The molecule has 0 bridgehead atoms. The molecule has 0 saturated heterocycles. The molecule has 0 aliphatic rings. The highest BCUT2D eigenvalue weighted by atomic mass is 16.1. The SMILES string of the molecule is CCC(C(=O)NCCC(c1ccccc1)c1ccccc1)c1ccccc1. The summed E-state index contributed by atoms with van der Waals surface area (Å²) in [5.41, 5.74) is 3.65. The van der Waals surface area contributed by atoms with Gasteiger partial charge >= 0.3 is 0 Å². The molecule has 0 radical (unpaired) electrons. The predicted molar refractivity (Wildman–Crippen MR) is 112 cm³/mol. The number of carbonyl (C=O) groups excluding carboxylic acids is 1. The molecule has 138 valence electrons. The summed E-state index contributed by atoms with van der Waals surface area (Å²) in [7, 11) is 0. The summed E-state index contributed by atoms with van der Waals surface area (Å²) in [6, 6.07) is 31.1. The third-order valence-electron chi connectivity index (χ3n) is 5.06. The molecule has 2 heteroatoms. The van der Waals surface area contributed by atoms with E-state index in [9.17, 15) is 4.79 Å². The number of benzene rings is 3. The molecule has 3 rings (SSSR count). The van der Waals surface area contributed by atoms with Gasteiger partial charge in [-0.15, -0.1) is 0 Å². The van der Waals surface area contributed by atoms with Crippen LogP contribution in [0.1, 0.15) is 48.3 Å². The van der Waals surface area contributed by atoms with Gasteiger partial charge in [-0.25, -0.2) is 0 Å². The molecule has 0 fully saturated rings. The summed E-state index contributed by atoms with van der Waals surface area (Å²) in [5.74, 6) is 0.311. The van der Waals surface area contributed by atoms with Gasteiger partial charge < -0.3 is 5.32 Å². The van der Waals surface area contributed by atoms with Gasteiger partial charge in [-0.05, 0) is 29.5 Å². The van der Waals surface area contributed by atoms with E-state index in [-0.39, 0.29) is 17.7 Å². The second-order valence-corrected chi connectivity index (χ2v) is 6.83. The van der Waals surface area contributed by atoms with Crippen LogP contribution in [0.5, 0.6) is 0 Å². The summed E-state index contributed by atoms with van der Waals surface area (Å²) in [5, 5.41) is 3.16. The van der Waals surface area contributed by atoms with Crippen molar-refractivity contribution in [2.24, 2.45) is 0 Å². The zero-order valence-corrected chi connectivity index (χ0v) is 15.8. The average Bonchev–Trinajstić information content (AvgIpc) is 2.74. The third kappa shape index (κ3) is 5.07. The fourth-order valence-corrected chi connectivity index (χ4v) is 3.62. The summed E-state index contributed by atoms with van der Waals surface area (Å²) in [6.45, 7) is 2.73. The molecule has 1 unspecified atom stereocenters.